The van der Waals surface area contributed by atoms with Gasteiger partial charge in [0.15, 0.2) is 52.4 Å². The van der Waals surface area contributed by atoms with Gasteiger partial charge in [-0.15, -0.1) is 0 Å². The van der Waals surface area contributed by atoms with Crippen LogP contribution in [0.1, 0.15) is 0 Å². The first kappa shape index (κ1) is 84.1. The van der Waals surface area contributed by atoms with Crippen molar-refractivity contribution in [1.82, 2.24) is 44.9 Å². The Hall–Kier alpha value is -19.4. The van der Waals surface area contributed by atoms with Crippen LogP contribution in [0.3, 0.4) is 0 Å². The molecule has 0 fully saturated rings. The molecule has 0 aliphatic heterocycles. The van der Waals surface area contributed by atoms with Gasteiger partial charge in [-0.05, 0) is 190 Å². The molecule has 0 radical (unpaired) electrons. The highest BCUT2D eigenvalue weighted by molar-refractivity contribution is 6.19. The number of nitrogens with zero attached hydrogens (tertiary/aromatic N) is 9. The molecule has 22 aromatic carbocycles. The smallest absolute Gasteiger partial charge is 0.164 e. The summed E-state index contributed by atoms with van der Waals surface area (Å²) < 4.78 is 19.9. The van der Waals surface area contributed by atoms with Crippen LogP contribution in [0.5, 0.6) is 0 Å². The molecule has 12 nitrogen and oxygen atoms in total. The van der Waals surface area contributed by atoms with Crippen LogP contribution in [0.2, 0.25) is 0 Å². The summed E-state index contributed by atoms with van der Waals surface area (Å²) in [7, 11) is 0. The highest BCUT2D eigenvalue weighted by Gasteiger charge is 2.27. The van der Waals surface area contributed by atoms with Gasteiger partial charge in [-0.1, -0.05) is 394 Å². The number of fused-ring (bicyclic) bond motifs is 14. The van der Waals surface area contributed by atoms with Crippen molar-refractivity contribution in [2.24, 2.45) is 0 Å². The monoisotopic (exact) mass is 1830 g/mol. The van der Waals surface area contributed by atoms with Gasteiger partial charge < -0.3 is 13.3 Å². The summed E-state index contributed by atoms with van der Waals surface area (Å²) in [5, 5.41) is 17.6. The molecule has 0 atom stereocenters. The maximum absolute atomic E-state index is 6.70. The van der Waals surface area contributed by atoms with Gasteiger partial charge in [0.2, 0.25) is 0 Å². The van der Waals surface area contributed by atoms with E-state index in [9.17, 15) is 0 Å². The van der Waals surface area contributed by atoms with Crippen molar-refractivity contribution in [2.75, 3.05) is 0 Å². The predicted octanol–water partition coefficient (Wildman–Crippen LogP) is 34.4. The van der Waals surface area contributed by atoms with Crippen LogP contribution < -0.4 is 0 Å². The van der Waals surface area contributed by atoms with E-state index in [1.54, 1.807) is 0 Å². The van der Waals surface area contributed by atoms with Gasteiger partial charge in [0.25, 0.3) is 0 Å². The zero-order chi connectivity index (χ0) is 94.6. The summed E-state index contributed by atoms with van der Waals surface area (Å²) in [6.45, 7) is 0. The first-order valence-electron chi connectivity index (χ1n) is 47.8. The van der Waals surface area contributed by atoms with Crippen LogP contribution in [-0.4, -0.2) is 44.9 Å². The van der Waals surface area contributed by atoms with Crippen LogP contribution in [0.4, 0.5) is 0 Å². The Morgan fingerprint density at radius 3 is 0.622 bits per heavy atom. The lowest BCUT2D eigenvalue weighted by molar-refractivity contribution is 0.669. The number of furan rings is 3. The molecule has 28 aromatic rings. The molecule has 143 heavy (non-hydrogen) atoms. The lowest BCUT2D eigenvalue weighted by Crippen LogP contribution is -2.00. The molecule has 0 aliphatic rings. The van der Waals surface area contributed by atoms with Gasteiger partial charge in [-0.2, -0.15) is 0 Å². The average Bonchev–Trinajstić information content (AvgIpc) is 1.60. The van der Waals surface area contributed by atoms with Crippen LogP contribution in [-0.2, 0) is 0 Å². The van der Waals surface area contributed by atoms with E-state index < -0.39 is 0 Å². The molecule has 6 heterocycles. The van der Waals surface area contributed by atoms with E-state index in [1.807, 2.05) is 97.1 Å². The quantitative estimate of drug-likeness (QED) is 0.102. The normalized spacial score (nSPS) is 11.5. The van der Waals surface area contributed by atoms with Crippen LogP contribution in [0.15, 0.2) is 505 Å². The van der Waals surface area contributed by atoms with Crippen molar-refractivity contribution >= 4 is 120 Å². The van der Waals surface area contributed by atoms with E-state index >= 15 is 0 Å². The van der Waals surface area contributed by atoms with E-state index in [-0.39, 0.29) is 0 Å². The molecule has 0 amide bonds. The standard InChI is InChI=1S/C47H29N3O.C43H27N3O.C41H25N3O/c1-2-11-30(12-3-1)35-17-10-18-36(27-35)39-25-26-41(43-40-19-8-9-20-42(40)51-44(39)43)47-49-45(37-23-21-31-13-4-6-15-33(31)28-37)48-46(50-47)38-24-22-32-14-5-7-16-34(32)29-38;1-3-12-28(13-4-1)32-18-11-19-33(26-32)35-24-25-37(39-36-20-9-10-21-38(36)47-40(35)39)43-45-41(30-15-5-2-6-16-30)44-42(46-43)34-23-22-29-14-7-8-17-31(29)27-34;1-2-12-28(13-3-1)33-22-23-35(37-34-16-8-9-17-36(34)45-38(33)37)41-43-39(31-20-18-26-10-4-6-14-29(26)24-31)42-40(44-41)32-21-19-27-11-5-7-15-30(27)25-32/h1-29H;1-27H;1-25H. The Bertz CT molecular complexity index is 9640. The molecule has 0 N–H and O–H groups in total. The van der Waals surface area contributed by atoms with Gasteiger partial charge in [-0.25, -0.2) is 44.9 Å². The molecule has 6 aromatic heterocycles. The molecule has 0 saturated heterocycles. The van der Waals surface area contributed by atoms with E-state index in [1.165, 1.54) is 38.1 Å². The molecule has 0 saturated carbocycles. The van der Waals surface area contributed by atoms with Gasteiger partial charge >= 0.3 is 0 Å². The highest BCUT2D eigenvalue weighted by Crippen LogP contribution is 2.48. The van der Waals surface area contributed by atoms with Crippen molar-refractivity contribution in [3.63, 3.8) is 0 Å². The third-order valence-corrected chi connectivity index (χ3v) is 26.9. The Kier molecular flexibility index (Phi) is 21.3. The van der Waals surface area contributed by atoms with Crippen molar-refractivity contribution in [3.05, 3.63) is 491 Å². The molecular formula is C131H81N9O3. The van der Waals surface area contributed by atoms with E-state index in [4.69, 9.17) is 58.1 Å². The third kappa shape index (κ3) is 16.1. The number of rotatable bonds is 14. The van der Waals surface area contributed by atoms with Crippen LogP contribution >= 0.6 is 0 Å². The predicted molar refractivity (Wildman–Crippen MR) is 585 cm³/mol. The third-order valence-electron chi connectivity index (χ3n) is 26.9. The Morgan fingerprint density at radius 2 is 0.329 bits per heavy atom. The van der Waals surface area contributed by atoms with Crippen molar-refractivity contribution in [2.45, 2.75) is 0 Å². The fourth-order valence-corrected chi connectivity index (χ4v) is 19.8. The van der Waals surface area contributed by atoms with Gasteiger partial charge in [0, 0.05) is 99.1 Å². The van der Waals surface area contributed by atoms with Crippen LogP contribution in [0, 0.1) is 0 Å². The molecule has 28 rings (SSSR count). The molecule has 0 spiro atoms. The minimum atomic E-state index is 0.595. The Balaban J connectivity index is 0.000000110. The second kappa shape index (κ2) is 36.2. The molecule has 0 aliphatic carbocycles. The fourth-order valence-electron chi connectivity index (χ4n) is 19.8. The highest BCUT2D eigenvalue weighted by atomic mass is 16.3. The van der Waals surface area contributed by atoms with Gasteiger partial charge in [0.05, 0.1) is 0 Å². The maximum atomic E-state index is 6.70. The lowest BCUT2D eigenvalue weighted by Gasteiger charge is -2.12. The second-order valence-electron chi connectivity index (χ2n) is 35.7. The molecular weight excluding hydrogens is 1750 g/mol. The summed E-state index contributed by atoms with van der Waals surface area (Å²) in [6, 6.07) is 170. The summed E-state index contributed by atoms with van der Waals surface area (Å²) in [5.74, 6) is 5.54. The molecule has 12 heteroatoms. The second-order valence-corrected chi connectivity index (χ2v) is 35.7. The Labute approximate surface area is 821 Å². The number of hydrogen-bond acceptors (Lipinski definition) is 12. The number of hydrogen-bond donors (Lipinski definition) is 0. The summed E-state index contributed by atoms with van der Waals surface area (Å²) in [5.41, 5.74) is 24.2. The van der Waals surface area contributed by atoms with Crippen molar-refractivity contribution in [3.8, 4) is 158 Å². The first-order chi connectivity index (χ1) is 70.8. The average molecular weight is 1830 g/mol. The maximum Gasteiger partial charge on any atom is 0.164 e. The topological polar surface area (TPSA) is 155 Å². The first-order valence-corrected chi connectivity index (χ1v) is 47.8. The fraction of sp³-hybridized carbons (Fsp3) is 0. The Morgan fingerprint density at radius 1 is 0.119 bits per heavy atom. The minimum absolute atomic E-state index is 0.595. The van der Waals surface area contributed by atoms with Gasteiger partial charge in [-0.3, -0.25) is 0 Å². The molecule has 0 unspecified atom stereocenters. The summed E-state index contributed by atoms with van der Waals surface area (Å²) >= 11 is 0. The SMILES string of the molecule is c1ccc(-c2ccc(-c3nc(-c4ccc5ccccc5c4)nc(-c4ccc5ccccc5c4)n3)c3c2oc2ccccc23)cc1.c1ccc(-c2cccc(-c3ccc(-c4nc(-c5ccc6ccccc6c5)nc(-c5ccc6ccccc6c5)n4)c4c3oc3ccccc34)c2)cc1.c1ccc(-c2cccc(-c3ccc(-c4nc(-c5ccccc5)nc(-c5ccc6ccccc6c5)n4)c4c3oc3ccccc34)c2)cc1. The van der Waals surface area contributed by atoms with E-state index in [2.05, 4.69) is 394 Å². The zero-order valence-corrected chi connectivity index (χ0v) is 77.0. The number of benzene rings is 22. The van der Waals surface area contributed by atoms with Crippen molar-refractivity contribution < 1.29 is 13.3 Å². The number of aromatic nitrogens is 9. The van der Waals surface area contributed by atoms with E-state index in [0.717, 1.165) is 187 Å². The largest absolute Gasteiger partial charge is 0.455 e. The minimum Gasteiger partial charge on any atom is -0.455 e. The van der Waals surface area contributed by atoms with Crippen LogP contribution in [0.25, 0.3) is 278 Å². The zero-order valence-electron chi connectivity index (χ0n) is 77.0. The molecule has 668 valence electrons. The van der Waals surface area contributed by atoms with E-state index in [0.29, 0.717) is 52.4 Å². The van der Waals surface area contributed by atoms with Crippen molar-refractivity contribution in [1.29, 1.82) is 0 Å². The summed E-state index contributed by atoms with van der Waals surface area (Å²) in [4.78, 5) is 46.1. The number of para-hydroxylation sites is 3. The molecule has 0 bridgehead atoms. The van der Waals surface area contributed by atoms with Gasteiger partial charge in [0.1, 0.15) is 33.5 Å². The lowest BCUT2D eigenvalue weighted by atomic mass is 9.95. The summed E-state index contributed by atoms with van der Waals surface area (Å²) in [6.07, 6.45) is 0.